The van der Waals surface area contributed by atoms with Crippen LogP contribution in [0.3, 0.4) is 0 Å². The Bertz CT molecular complexity index is 366. The summed E-state index contributed by atoms with van der Waals surface area (Å²) in [5, 5.41) is 3.01. The number of amides is 1. The van der Waals surface area contributed by atoms with Crippen LogP contribution in [-0.4, -0.2) is 48.7 Å². The SMILES string of the molecule is CC(C)(C)OC(=O)N1CCC2(CCNC2)C(F)(F)C1.Cl. The fraction of sp³-hybridized carbons (Fsp3) is 0.923. The second kappa shape index (κ2) is 5.64. The molecule has 0 aliphatic carbocycles. The summed E-state index contributed by atoms with van der Waals surface area (Å²) >= 11 is 0. The first-order valence-electron chi connectivity index (χ1n) is 6.72. The molecule has 7 heteroatoms. The van der Waals surface area contributed by atoms with Crippen LogP contribution in [0.1, 0.15) is 33.6 Å². The normalized spacial score (nSPS) is 29.1. The Kier molecular flexibility index (Phi) is 4.91. The van der Waals surface area contributed by atoms with Crippen molar-refractivity contribution in [2.24, 2.45) is 5.41 Å². The number of carbonyl (C=O) groups is 1. The Morgan fingerprint density at radius 2 is 1.95 bits per heavy atom. The molecule has 4 nitrogen and oxygen atoms in total. The molecule has 0 aromatic rings. The van der Waals surface area contributed by atoms with E-state index in [-0.39, 0.29) is 12.4 Å². The lowest BCUT2D eigenvalue weighted by Gasteiger charge is -2.45. The number of ether oxygens (including phenoxy) is 1. The zero-order valence-corrected chi connectivity index (χ0v) is 13.0. The van der Waals surface area contributed by atoms with Crippen LogP contribution < -0.4 is 5.32 Å². The van der Waals surface area contributed by atoms with Crippen molar-refractivity contribution in [1.29, 1.82) is 0 Å². The molecule has 1 spiro atoms. The largest absolute Gasteiger partial charge is 0.444 e. The third-order valence-corrected chi connectivity index (χ3v) is 3.92. The van der Waals surface area contributed by atoms with Gasteiger partial charge in [0, 0.05) is 13.1 Å². The molecule has 2 heterocycles. The molecule has 118 valence electrons. The first-order chi connectivity index (χ1) is 8.65. The van der Waals surface area contributed by atoms with Crippen molar-refractivity contribution in [3.63, 3.8) is 0 Å². The fourth-order valence-electron chi connectivity index (χ4n) is 2.77. The average molecular weight is 313 g/mol. The van der Waals surface area contributed by atoms with Gasteiger partial charge in [-0.15, -0.1) is 12.4 Å². The van der Waals surface area contributed by atoms with E-state index < -0.39 is 29.6 Å². The molecule has 2 rings (SSSR count). The molecule has 1 amide bonds. The van der Waals surface area contributed by atoms with Gasteiger partial charge in [0.2, 0.25) is 0 Å². The number of nitrogens with zero attached hydrogens (tertiary/aromatic N) is 1. The van der Waals surface area contributed by atoms with E-state index in [1.54, 1.807) is 20.8 Å². The van der Waals surface area contributed by atoms with Crippen molar-refractivity contribution in [1.82, 2.24) is 10.2 Å². The van der Waals surface area contributed by atoms with E-state index in [2.05, 4.69) is 5.32 Å². The van der Waals surface area contributed by atoms with E-state index in [0.717, 1.165) is 4.90 Å². The van der Waals surface area contributed by atoms with Crippen LogP contribution in [0.5, 0.6) is 0 Å². The molecule has 1 unspecified atom stereocenters. The molecule has 0 saturated carbocycles. The van der Waals surface area contributed by atoms with E-state index in [4.69, 9.17) is 4.74 Å². The second-order valence-corrected chi connectivity index (χ2v) is 6.56. The average Bonchev–Trinajstić information content (AvgIpc) is 2.70. The number of rotatable bonds is 0. The number of carbonyl (C=O) groups excluding carboxylic acids is 1. The topological polar surface area (TPSA) is 41.6 Å². The second-order valence-electron chi connectivity index (χ2n) is 6.56. The lowest BCUT2D eigenvalue weighted by atomic mass is 9.74. The summed E-state index contributed by atoms with van der Waals surface area (Å²) in [6.45, 7) is 5.96. The summed E-state index contributed by atoms with van der Waals surface area (Å²) in [4.78, 5) is 13.0. The van der Waals surface area contributed by atoms with E-state index in [0.29, 0.717) is 32.5 Å². The van der Waals surface area contributed by atoms with Crippen LogP contribution in [0.15, 0.2) is 0 Å². The lowest BCUT2D eigenvalue weighted by molar-refractivity contribution is -0.157. The van der Waals surface area contributed by atoms with Gasteiger partial charge in [-0.05, 0) is 40.2 Å². The number of halogens is 3. The predicted molar refractivity (Wildman–Crippen MR) is 74.5 cm³/mol. The highest BCUT2D eigenvalue weighted by molar-refractivity contribution is 5.85. The van der Waals surface area contributed by atoms with Gasteiger partial charge < -0.3 is 15.0 Å². The predicted octanol–water partition coefficient (Wildman–Crippen LogP) is 2.66. The zero-order valence-electron chi connectivity index (χ0n) is 12.2. The van der Waals surface area contributed by atoms with E-state index >= 15 is 0 Å². The molecule has 0 aromatic carbocycles. The molecule has 0 bridgehead atoms. The summed E-state index contributed by atoms with van der Waals surface area (Å²) < 4.78 is 33.8. The summed E-state index contributed by atoms with van der Waals surface area (Å²) in [7, 11) is 0. The van der Waals surface area contributed by atoms with Gasteiger partial charge in [0.15, 0.2) is 0 Å². The monoisotopic (exact) mass is 312 g/mol. The maximum absolute atomic E-state index is 14.3. The minimum absolute atomic E-state index is 0. The highest BCUT2D eigenvalue weighted by Crippen LogP contribution is 2.47. The third-order valence-electron chi connectivity index (χ3n) is 3.92. The van der Waals surface area contributed by atoms with Crippen LogP contribution in [0, 0.1) is 5.41 Å². The molecule has 2 aliphatic rings. The molecule has 0 aromatic heterocycles. The molecule has 1 atom stereocenters. The van der Waals surface area contributed by atoms with Gasteiger partial charge in [0.05, 0.1) is 12.0 Å². The van der Waals surface area contributed by atoms with Crippen LogP contribution >= 0.6 is 12.4 Å². The van der Waals surface area contributed by atoms with Crippen molar-refractivity contribution in [2.75, 3.05) is 26.2 Å². The number of hydrogen-bond acceptors (Lipinski definition) is 3. The van der Waals surface area contributed by atoms with E-state index in [1.165, 1.54) is 0 Å². The van der Waals surface area contributed by atoms with Gasteiger partial charge in [-0.2, -0.15) is 0 Å². The van der Waals surface area contributed by atoms with Crippen LogP contribution in [-0.2, 0) is 4.74 Å². The molecular weight excluding hydrogens is 290 g/mol. The lowest BCUT2D eigenvalue weighted by Crippen LogP contribution is -2.58. The highest BCUT2D eigenvalue weighted by atomic mass is 35.5. The highest BCUT2D eigenvalue weighted by Gasteiger charge is 2.58. The summed E-state index contributed by atoms with van der Waals surface area (Å²) in [6, 6.07) is 0. The smallest absolute Gasteiger partial charge is 0.410 e. The van der Waals surface area contributed by atoms with Gasteiger partial charge in [0.25, 0.3) is 5.92 Å². The molecule has 1 N–H and O–H groups in total. The van der Waals surface area contributed by atoms with Gasteiger partial charge >= 0.3 is 6.09 Å². The Balaban J connectivity index is 0.00000200. The van der Waals surface area contributed by atoms with Crippen LogP contribution in [0.25, 0.3) is 0 Å². The van der Waals surface area contributed by atoms with E-state index in [9.17, 15) is 13.6 Å². The minimum atomic E-state index is -2.86. The fourth-order valence-corrected chi connectivity index (χ4v) is 2.77. The van der Waals surface area contributed by atoms with Crippen molar-refractivity contribution in [2.45, 2.75) is 45.1 Å². The van der Waals surface area contributed by atoms with Gasteiger partial charge in [0.1, 0.15) is 5.60 Å². The maximum atomic E-state index is 14.3. The summed E-state index contributed by atoms with van der Waals surface area (Å²) in [5.74, 6) is -2.86. The maximum Gasteiger partial charge on any atom is 0.410 e. The van der Waals surface area contributed by atoms with Crippen LogP contribution in [0.2, 0.25) is 0 Å². The Morgan fingerprint density at radius 3 is 2.40 bits per heavy atom. The summed E-state index contributed by atoms with van der Waals surface area (Å²) in [6.07, 6.45) is 0.155. The van der Waals surface area contributed by atoms with Crippen LogP contribution in [0.4, 0.5) is 13.6 Å². The Hall–Kier alpha value is -0.620. The van der Waals surface area contributed by atoms with Gasteiger partial charge in [-0.1, -0.05) is 0 Å². The minimum Gasteiger partial charge on any atom is -0.444 e. The quantitative estimate of drug-likeness (QED) is 0.747. The Labute approximate surface area is 124 Å². The van der Waals surface area contributed by atoms with Crippen molar-refractivity contribution in [3.05, 3.63) is 0 Å². The number of alkyl halides is 2. The van der Waals surface area contributed by atoms with Crippen molar-refractivity contribution < 1.29 is 18.3 Å². The number of likely N-dealkylation sites (tertiary alicyclic amines) is 1. The van der Waals surface area contributed by atoms with Gasteiger partial charge in [-0.3, -0.25) is 0 Å². The first-order valence-corrected chi connectivity index (χ1v) is 6.72. The number of hydrogen-bond donors (Lipinski definition) is 1. The van der Waals surface area contributed by atoms with Gasteiger partial charge in [-0.25, -0.2) is 13.6 Å². The molecular formula is C13H23ClF2N2O2. The zero-order chi connectivity index (χ0) is 14.3. The number of piperidine rings is 1. The third kappa shape index (κ3) is 3.34. The van der Waals surface area contributed by atoms with E-state index in [1.807, 2.05) is 0 Å². The summed E-state index contributed by atoms with van der Waals surface area (Å²) in [5.41, 5.74) is -1.64. The molecule has 2 saturated heterocycles. The molecule has 20 heavy (non-hydrogen) atoms. The first kappa shape index (κ1) is 17.4. The van der Waals surface area contributed by atoms with Crippen molar-refractivity contribution in [3.8, 4) is 0 Å². The molecule has 2 fully saturated rings. The van der Waals surface area contributed by atoms with Crippen molar-refractivity contribution >= 4 is 18.5 Å². The standard InChI is InChI=1S/C13H22F2N2O2.ClH/c1-11(2,3)19-10(18)17-7-5-12(4-6-16-8-12)13(14,15)9-17;/h16H,4-9H2,1-3H3;1H. The molecule has 0 radical (unpaired) electrons. The Morgan fingerprint density at radius 1 is 1.30 bits per heavy atom. The molecule has 2 aliphatic heterocycles. The number of nitrogens with one attached hydrogen (secondary N) is 1.